The molecule has 1 aromatic carbocycles. The standard InChI is InChI=1S/C13H19N2O5/c1-8(2)13(18)14-11(7-16)12(17)9-3-5-10(6-4-9)15(19)20/h3-6,8,11-12,16-17,19H,7H2,1-2H3,(H,14,18)/q-1. The summed E-state index contributed by atoms with van der Waals surface area (Å²) in [6.45, 7) is 2.99. The fraction of sp³-hybridized carbons (Fsp3) is 0.462. The zero-order chi connectivity index (χ0) is 15.3. The second-order valence-corrected chi connectivity index (χ2v) is 4.76. The van der Waals surface area contributed by atoms with E-state index in [-0.39, 0.29) is 22.7 Å². The van der Waals surface area contributed by atoms with Crippen molar-refractivity contribution in [3.8, 4) is 0 Å². The number of aliphatic hydroxyl groups is 2. The van der Waals surface area contributed by atoms with Gasteiger partial charge in [-0.3, -0.25) is 10.0 Å². The Balaban J connectivity index is 2.80. The molecule has 7 nitrogen and oxygen atoms in total. The molecule has 0 fully saturated rings. The van der Waals surface area contributed by atoms with Crippen LogP contribution in [0.4, 0.5) is 5.69 Å². The summed E-state index contributed by atoms with van der Waals surface area (Å²) in [5.74, 6) is -0.539. The Kier molecular flexibility index (Phi) is 5.90. The Hall–Kier alpha value is -1.67. The van der Waals surface area contributed by atoms with Crippen molar-refractivity contribution >= 4 is 11.6 Å². The third-order valence-electron chi connectivity index (χ3n) is 2.89. The van der Waals surface area contributed by atoms with E-state index in [1.54, 1.807) is 13.8 Å². The summed E-state index contributed by atoms with van der Waals surface area (Å²) in [4.78, 5) is 11.6. The zero-order valence-corrected chi connectivity index (χ0v) is 11.4. The van der Waals surface area contributed by atoms with Crippen molar-refractivity contribution in [3.05, 3.63) is 35.0 Å². The molecule has 0 aliphatic carbocycles. The number of nitrogens with zero attached hydrogens (tertiary/aromatic N) is 1. The lowest BCUT2D eigenvalue weighted by Crippen LogP contribution is -2.43. The Labute approximate surface area is 117 Å². The summed E-state index contributed by atoms with van der Waals surface area (Å²) in [7, 11) is 0. The summed E-state index contributed by atoms with van der Waals surface area (Å²) >= 11 is 0. The average molecular weight is 283 g/mol. The molecule has 0 saturated heterocycles. The molecule has 0 saturated carbocycles. The van der Waals surface area contributed by atoms with Gasteiger partial charge < -0.3 is 26.0 Å². The number of rotatable bonds is 6. The maximum Gasteiger partial charge on any atom is 0.222 e. The van der Waals surface area contributed by atoms with Crippen LogP contribution < -0.4 is 10.5 Å². The first-order valence-corrected chi connectivity index (χ1v) is 6.22. The number of anilines is 1. The van der Waals surface area contributed by atoms with Gasteiger partial charge in [0.1, 0.15) is 6.10 Å². The van der Waals surface area contributed by atoms with Gasteiger partial charge in [0.2, 0.25) is 5.91 Å². The van der Waals surface area contributed by atoms with E-state index in [0.717, 1.165) is 0 Å². The summed E-state index contributed by atoms with van der Waals surface area (Å²) in [5.41, 5.74) is 0.437. The lowest BCUT2D eigenvalue weighted by Gasteiger charge is -2.25. The molecule has 4 N–H and O–H groups in total. The number of carbonyl (C=O) groups is 1. The normalized spacial score (nSPS) is 13.9. The lowest BCUT2D eigenvalue weighted by atomic mass is 10.0. The van der Waals surface area contributed by atoms with Gasteiger partial charge in [0, 0.05) is 5.92 Å². The van der Waals surface area contributed by atoms with Crippen LogP contribution in [0.5, 0.6) is 0 Å². The van der Waals surface area contributed by atoms with Crippen LogP contribution in [0.1, 0.15) is 25.5 Å². The minimum absolute atomic E-state index is 0.0210. The lowest BCUT2D eigenvalue weighted by molar-refractivity contribution is -0.126. The van der Waals surface area contributed by atoms with Gasteiger partial charge in [0.05, 0.1) is 18.3 Å². The van der Waals surface area contributed by atoms with Crippen molar-refractivity contribution in [3.63, 3.8) is 0 Å². The molecule has 20 heavy (non-hydrogen) atoms. The van der Waals surface area contributed by atoms with Gasteiger partial charge >= 0.3 is 0 Å². The molecule has 112 valence electrons. The van der Waals surface area contributed by atoms with Crippen LogP contribution in [0.3, 0.4) is 0 Å². The minimum atomic E-state index is -1.12. The number of benzene rings is 1. The summed E-state index contributed by atoms with van der Waals surface area (Å²) in [5, 5.41) is 41.0. The molecule has 1 rings (SSSR count). The van der Waals surface area contributed by atoms with E-state index < -0.39 is 18.8 Å². The van der Waals surface area contributed by atoms with Gasteiger partial charge in [0.15, 0.2) is 0 Å². The van der Waals surface area contributed by atoms with E-state index in [4.69, 9.17) is 5.21 Å². The van der Waals surface area contributed by atoms with Crippen molar-refractivity contribution in [2.24, 2.45) is 5.92 Å². The second-order valence-electron chi connectivity index (χ2n) is 4.76. The summed E-state index contributed by atoms with van der Waals surface area (Å²) in [6.07, 6.45) is -1.12. The number of amides is 1. The number of carbonyl (C=O) groups excluding carboxylic acids is 1. The molecule has 1 amide bonds. The Morgan fingerprint density at radius 3 is 2.30 bits per heavy atom. The van der Waals surface area contributed by atoms with Crippen LogP contribution in [0, 0.1) is 11.1 Å². The monoisotopic (exact) mass is 283 g/mol. The molecule has 0 heterocycles. The van der Waals surface area contributed by atoms with Crippen LogP contribution in [0.2, 0.25) is 0 Å². The quantitative estimate of drug-likeness (QED) is 0.566. The molecule has 1 aromatic rings. The van der Waals surface area contributed by atoms with E-state index in [2.05, 4.69) is 5.32 Å². The molecule has 0 aliphatic heterocycles. The van der Waals surface area contributed by atoms with Crippen LogP contribution in [-0.2, 0) is 4.79 Å². The van der Waals surface area contributed by atoms with E-state index in [9.17, 15) is 20.2 Å². The largest absolute Gasteiger partial charge is 0.733 e. The number of aliphatic hydroxyl groups excluding tert-OH is 2. The average Bonchev–Trinajstić information content (AvgIpc) is 2.43. The van der Waals surface area contributed by atoms with Crippen molar-refractivity contribution in [2.75, 3.05) is 11.8 Å². The first kappa shape index (κ1) is 16.4. The SMILES string of the molecule is CC(C)C(=O)NC(CO)C(O)c1ccc(N([O-])O)cc1. The van der Waals surface area contributed by atoms with Crippen molar-refractivity contribution in [1.29, 1.82) is 0 Å². The van der Waals surface area contributed by atoms with Crippen LogP contribution >= 0.6 is 0 Å². The van der Waals surface area contributed by atoms with Crippen molar-refractivity contribution < 1.29 is 20.2 Å². The Morgan fingerprint density at radius 1 is 1.35 bits per heavy atom. The Morgan fingerprint density at radius 2 is 1.90 bits per heavy atom. The highest BCUT2D eigenvalue weighted by atomic mass is 16.8. The highest BCUT2D eigenvalue weighted by molar-refractivity contribution is 5.78. The second kappa shape index (κ2) is 7.20. The van der Waals surface area contributed by atoms with Gasteiger partial charge in [-0.1, -0.05) is 26.0 Å². The molecular formula is C13H19N2O5-. The molecule has 0 aliphatic rings. The molecule has 0 spiro atoms. The van der Waals surface area contributed by atoms with Crippen molar-refractivity contribution in [2.45, 2.75) is 26.0 Å². The molecule has 0 bridgehead atoms. The minimum Gasteiger partial charge on any atom is -0.733 e. The smallest absolute Gasteiger partial charge is 0.222 e. The summed E-state index contributed by atoms with van der Waals surface area (Å²) in [6, 6.07) is 4.68. The van der Waals surface area contributed by atoms with E-state index >= 15 is 0 Å². The maximum atomic E-state index is 11.6. The molecule has 2 unspecified atom stereocenters. The highest BCUT2D eigenvalue weighted by Crippen LogP contribution is 2.20. The third-order valence-corrected chi connectivity index (χ3v) is 2.89. The van der Waals surface area contributed by atoms with E-state index in [1.165, 1.54) is 24.3 Å². The highest BCUT2D eigenvalue weighted by Gasteiger charge is 2.23. The van der Waals surface area contributed by atoms with E-state index in [1.807, 2.05) is 0 Å². The van der Waals surface area contributed by atoms with Crippen LogP contribution in [0.25, 0.3) is 0 Å². The molecule has 2 atom stereocenters. The van der Waals surface area contributed by atoms with Crippen LogP contribution in [0.15, 0.2) is 24.3 Å². The fourth-order valence-corrected chi connectivity index (χ4v) is 1.61. The first-order chi connectivity index (χ1) is 9.36. The van der Waals surface area contributed by atoms with Crippen molar-refractivity contribution in [1.82, 2.24) is 5.32 Å². The maximum absolute atomic E-state index is 11.6. The number of hydrogen-bond acceptors (Lipinski definition) is 6. The van der Waals surface area contributed by atoms with E-state index in [0.29, 0.717) is 5.56 Å². The van der Waals surface area contributed by atoms with Gasteiger partial charge in [-0.05, 0) is 17.7 Å². The predicted octanol–water partition coefficient (Wildman–Crippen LogP) is 0.546. The number of hydrogen-bond donors (Lipinski definition) is 4. The molecule has 0 aromatic heterocycles. The zero-order valence-electron chi connectivity index (χ0n) is 11.4. The number of nitrogens with one attached hydrogen (secondary N) is 1. The van der Waals surface area contributed by atoms with Gasteiger partial charge in [-0.2, -0.15) is 0 Å². The summed E-state index contributed by atoms with van der Waals surface area (Å²) < 4.78 is 0. The molecule has 0 radical (unpaired) electrons. The molecule has 7 heteroatoms. The molecular weight excluding hydrogens is 264 g/mol. The van der Waals surface area contributed by atoms with Crippen LogP contribution in [-0.4, -0.2) is 34.0 Å². The topological polar surface area (TPSA) is 116 Å². The van der Waals surface area contributed by atoms with Gasteiger partial charge in [-0.15, -0.1) is 0 Å². The Bertz CT molecular complexity index is 433. The van der Waals surface area contributed by atoms with Gasteiger partial charge in [-0.25, -0.2) is 0 Å². The van der Waals surface area contributed by atoms with Gasteiger partial charge in [0.25, 0.3) is 0 Å². The first-order valence-electron chi connectivity index (χ1n) is 6.22. The predicted molar refractivity (Wildman–Crippen MR) is 72.9 cm³/mol. The fourth-order valence-electron chi connectivity index (χ4n) is 1.61. The third kappa shape index (κ3) is 4.17.